The van der Waals surface area contributed by atoms with Crippen LogP contribution in [0.4, 0.5) is 0 Å². The summed E-state index contributed by atoms with van der Waals surface area (Å²) in [5.74, 6) is 0. The molecule has 0 aliphatic heterocycles. The van der Waals surface area contributed by atoms with Crippen LogP contribution in [0.5, 0.6) is 0 Å². The molecule has 24 heavy (non-hydrogen) atoms. The van der Waals surface area contributed by atoms with E-state index in [1.807, 2.05) is 45.0 Å². The van der Waals surface area contributed by atoms with Crippen molar-refractivity contribution in [2.45, 2.75) is 27.4 Å². The Bertz CT molecular complexity index is 904. The van der Waals surface area contributed by atoms with E-state index in [2.05, 4.69) is 15.5 Å². The Morgan fingerprint density at radius 3 is 2.62 bits per heavy atom. The number of hydrogen-bond acceptors (Lipinski definition) is 7. The van der Waals surface area contributed by atoms with Crippen LogP contribution in [0.2, 0.25) is 0 Å². The Hall–Kier alpha value is -1.44. The predicted octanol–water partition coefficient (Wildman–Crippen LogP) is 3.40. The SMILES string of the molecule is CCOP(=S)(OCC)OCc1cc2cccc(C)c2n2nnnc12. The lowest BCUT2D eigenvalue weighted by Gasteiger charge is -2.20. The summed E-state index contributed by atoms with van der Waals surface area (Å²) in [5, 5.41) is 13.1. The second-order valence-electron chi connectivity index (χ2n) is 5.15. The number of aromatic nitrogens is 4. The van der Waals surface area contributed by atoms with Crippen LogP contribution in [0.15, 0.2) is 24.3 Å². The van der Waals surface area contributed by atoms with E-state index in [-0.39, 0.29) is 6.61 Å². The lowest BCUT2D eigenvalue weighted by Crippen LogP contribution is -2.03. The molecule has 0 unspecified atom stereocenters. The fourth-order valence-corrected chi connectivity index (χ4v) is 4.50. The molecule has 2 heterocycles. The summed E-state index contributed by atoms with van der Waals surface area (Å²) in [6.45, 7) is 4.11. The smallest absolute Gasteiger partial charge is 0.309 e. The molecule has 0 radical (unpaired) electrons. The maximum atomic E-state index is 5.83. The lowest BCUT2D eigenvalue weighted by atomic mass is 10.1. The molecule has 0 N–H and O–H groups in total. The number of para-hydroxylation sites is 1. The lowest BCUT2D eigenvalue weighted by molar-refractivity contribution is 0.161. The number of benzene rings is 1. The zero-order valence-electron chi connectivity index (χ0n) is 13.8. The van der Waals surface area contributed by atoms with Gasteiger partial charge in [0, 0.05) is 10.9 Å². The Balaban J connectivity index is 2.00. The molecule has 0 saturated carbocycles. The van der Waals surface area contributed by atoms with Crippen LogP contribution in [0.3, 0.4) is 0 Å². The van der Waals surface area contributed by atoms with Gasteiger partial charge in [0.1, 0.15) is 0 Å². The van der Waals surface area contributed by atoms with Crippen molar-refractivity contribution in [2.24, 2.45) is 0 Å². The van der Waals surface area contributed by atoms with E-state index < -0.39 is 6.72 Å². The zero-order chi connectivity index (χ0) is 17.2. The van der Waals surface area contributed by atoms with Crippen molar-refractivity contribution in [2.75, 3.05) is 13.2 Å². The molecule has 0 saturated heterocycles. The number of tetrazole rings is 1. The molecule has 3 aromatic rings. The van der Waals surface area contributed by atoms with Gasteiger partial charge in [0.25, 0.3) is 0 Å². The van der Waals surface area contributed by atoms with Crippen LogP contribution in [0, 0.1) is 6.92 Å². The van der Waals surface area contributed by atoms with E-state index >= 15 is 0 Å². The highest BCUT2D eigenvalue weighted by molar-refractivity contribution is 8.07. The minimum Gasteiger partial charge on any atom is -0.309 e. The van der Waals surface area contributed by atoms with Gasteiger partial charge in [0.05, 0.1) is 25.3 Å². The molecular formula is C15H19N4O3PS. The standard InChI is InChI=1S/C15H19N4O3PS/c1-4-20-23(24,21-5-2)22-10-13-9-12-8-6-7-11(3)14(12)19-15(13)16-17-18-19/h6-9H,4-5,10H2,1-3H3. The number of rotatable bonds is 7. The number of hydrogen-bond donors (Lipinski definition) is 0. The first-order valence-electron chi connectivity index (χ1n) is 7.71. The van der Waals surface area contributed by atoms with Crippen LogP contribution in [-0.4, -0.2) is 33.3 Å². The fraction of sp³-hybridized carbons (Fsp3) is 0.400. The van der Waals surface area contributed by atoms with Gasteiger partial charge in [0.15, 0.2) is 5.65 Å². The van der Waals surface area contributed by atoms with Crippen molar-refractivity contribution in [1.29, 1.82) is 0 Å². The Kier molecular flexibility index (Phi) is 5.22. The van der Waals surface area contributed by atoms with E-state index in [4.69, 9.17) is 25.4 Å². The number of nitrogens with zero attached hydrogens (tertiary/aromatic N) is 4. The molecule has 0 spiro atoms. The van der Waals surface area contributed by atoms with Crippen molar-refractivity contribution in [3.63, 3.8) is 0 Å². The average Bonchev–Trinajstić information content (AvgIpc) is 3.03. The monoisotopic (exact) mass is 366 g/mol. The Morgan fingerprint density at radius 2 is 1.92 bits per heavy atom. The summed E-state index contributed by atoms with van der Waals surface area (Å²) in [7, 11) is 0. The second-order valence-corrected chi connectivity index (χ2v) is 8.16. The fourth-order valence-electron chi connectivity index (χ4n) is 2.56. The van der Waals surface area contributed by atoms with Crippen molar-refractivity contribution in [1.82, 2.24) is 20.0 Å². The highest BCUT2D eigenvalue weighted by atomic mass is 32.5. The van der Waals surface area contributed by atoms with E-state index in [1.165, 1.54) is 0 Å². The van der Waals surface area contributed by atoms with Crippen LogP contribution < -0.4 is 0 Å². The van der Waals surface area contributed by atoms with E-state index in [9.17, 15) is 0 Å². The third-order valence-corrected chi connectivity index (χ3v) is 6.06. The zero-order valence-corrected chi connectivity index (χ0v) is 15.5. The van der Waals surface area contributed by atoms with Crippen molar-refractivity contribution in [3.05, 3.63) is 35.4 Å². The molecule has 0 bridgehead atoms. The van der Waals surface area contributed by atoms with Crippen molar-refractivity contribution in [3.8, 4) is 0 Å². The van der Waals surface area contributed by atoms with Gasteiger partial charge in [-0.2, -0.15) is 4.52 Å². The third-order valence-electron chi connectivity index (χ3n) is 3.52. The molecule has 0 aliphatic carbocycles. The van der Waals surface area contributed by atoms with Gasteiger partial charge >= 0.3 is 6.72 Å². The molecule has 0 aliphatic rings. The summed E-state index contributed by atoms with van der Waals surface area (Å²) in [6.07, 6.45) is 0. The van der Waals surface area contributed by atoms with Gasteiger partial charge in [-0.15, -0.1) is 5.10 Å². The second kappa shape index (κ2) is 7.21. The normalized spacial score (nSPS) is 12.3. The number of fused-ring (bicyclic) bond motifs is 3. The van der Waals surface area contributed by atoms with Gasteiger partial charge in [-0.1, -0.05) is 18.2 Å². The summed E-state index contributed by atoms with van der Waals surface area (Å²) >= 11 is 5.40. The van der Waals surface area contributed by atoms with Gasteiger partial charge < -0.3 is 13.6 Å². The van der Waals surface area contributed by atoms with Crippen molar-refractivity contribution < 1.29 is 13.6 Å². The number of aryl methyl sites for hydroxylation is 1. The maximum Gasteiger partial charge on any atom is 0.327 e. The van der Waals surface area contributed by atoms with Crippen LogP contribution in [0.1, 0.15) is 25.0 Å². The molecule has 1 aromatic carbocycles. The quantitative estimate of drug-likeness (QED) is 0.594. The molecule has 7 nitrogen and oxygen atoms in total. The van der Waals surface area contributed by atoms with Crippen LogP contribution >= 0.6 is 6.72 Å². The molecule has 3 rings (SSSR count). The summed E-state index contributed by atoms with van der Waals surface area (Å²) in [5.41, 5.74) is 3.57. The predicted molar refractivity (Wildman–Crippen MR) is 95.4 cm³/mol. The molecule has 9 heteroatoms. The van der Waals surface area contributed by atoms with Gasteiger partial charge in [-0.05, 0) is 54.6 Å². The highest BCUT2D eigenvalue weighted by Gasteiger charge is 2.21. The molecule has 0 amide bonds. The minimum absolute atomic E-state index is 0.227. The highest BCUT2D eigenvalue weighted by Crippen LogP contribution is 2.50. The van der Waals surface area contributed by atoms with E-state index in [1.54, 1.807) is 4.52 Å². The molecule has 2 aromatic heterocycles. The summed E-state index contributed by atoms with van der Waals surface area (Å²) in [6, 6.07) is 8.08. The van der Waals surface area contributed by atoms with Crippen LogP contribution in [-0.2, 0) is 32.0 Å². The maximum absolute atomic E-state index is 5.83. The molecule has 0 atom stereocenters. The minimum atomic E-state index is -2.76. The van der Waals surface area contributed by atoms with Gasteiger partial charge in [0.2, 0.25) is 0 Å². The Morgan fingerprint density at radius 1 is 1.17 bits per heavy atom. The molecule has 0 fully saturated rings. The molecular weight excluding hydrogens is 347 g/mol. The average molecular weight is 366 g/mol. The summed E-state index contributed by atoms with van der Waals surface area (Å²) < 4.78 is 18.6. The largest absolute Gasteiger partial charge is 0.327 e. The first-order valence-corrected chi connectivity index (χ1v) is 10.3. The van der Waals surface area contributed by atoms with Crippen LogP contribution in [0.25, 0.3) is 16.6 Å². The first kappa shape index (κ1) is 17.4. The van der Waals surface area contributed by atoms with Gasteiger partial charge in [-0.3, -0.25) is 0 Å². The topological polar surface area (TPSA) is 70.8 Å². The molecule has 128 valence electrons. The van der Waals surface area contributed by atoms with Gasteiger partial charge in [-0.25, -0.2) is 0 Å². The Labute approximate surface area is 145 Å². The van der Waals surface area contributed by atoms with Crippen molar-refractivity contribution >= 4 is 35.1 Å². The number of pyridine rings is 1. The summed E-state index contributed by atoms with van der Waals surface area (Å²) in [4.78, 5) is 0. The first-order chi connectivity index (χ1) is 11.6. The van der Waals surface area contributed by atoms with E-state index in [0.717, 1.165) is 22.0 Å². The van der Waals surface area contributed by atoms with E-state index in [0.29, 0.717) is 18.9 Å². The third kappa shape index (κ3) is 3.34.